The van der Waals surface area contributed by atoms with Crippen molar-refractivity contribution in [1.82, 2.24) is 10.6 Å². The summed E-state index contributed by atoms with van der Waals surface area (Å²) in [7, 11) is 1.53. The van der Waals surface area contributed by atoms with Crippen LogP contribution < -0.4 is 20.7 Å². The van der Waals surface area contributed by atoms with Crippen molar-refractivity contribution in [3.8, 4) is 5.75 Å². The molecule has 0 fully saturated rings. The molecule has 3 N–H and O–H groups in total. The van der Waals surface area contributed by atoms with E-state index < -0.39 is 6.04 Å². The molecule has 27 heavy (non-hydrogen) atoms. The summed E-state index contributed by atoms with van der Waals surface area (Å²) < 4.78 is 5.30. The molecule has 140 valence electrons. The average Bonchev–Trinajstić information content (AvgIpc) is 2.61. The third kappa shape index (κ3) is 4.18. The summed E-state index contributed by atoms with van der Waals surface area (Å²) >= 11 is 17.7. The third-order valence-corrected chi connectivity index (χ3v) is 4.94. The Morgan fingerprint density at radius 2 is 1.96 bits per heavy atom. The predicted octanol–water partition coefficient (Wildman–Crippen LogP) is 4.43. The highest BCUT2D eigenvalue weighted by Crippen LogP contribution is 2.33. The number of carbonyl (C=O) groups excluding carboxylic acids is 1. The first-order valence-electron chi connectivity index (χ1n) is 8.08. The van der Waals surface area contributed by atoms with Gasteiger partial charge in [-0.1, -0.05) is 41.4 Å². The van der Waals surface area contributed by atoms with Gasteiger partial charge in [0.05, 0.1) is 24.4 Å². The summed E-state index contributed by atoms with van der Waals surface area (Å²) in [6, 6.07) is 11.8. The van der Waals surface area contributed by atoms with Crippen LogP contribution in [0, 0.1) is 0 Å². The maximum atomic E-state index is 13.1. The summed E-state index contributed by atoms with van der Waals surface area (Å²) in [4.78, 5) is 13.1. The molecule has 0 aliphatic carbocycles. The lowest BCUT2D eigenvalue weighted by atomic mass is 9.95. The summed E-state index contributed by atoms with van der Waals surface area (Å²) in [5.41, 5.74) is 2.34. The lowest BCUT2D eigenvalue weighted by molar-refractivity contribution is -0.113. The van der Waals surface area contributed by atoms with E-state index >= 15 is 0 Å². The van der Waals surface area contributed by atoms with E-state index in [1.807, 2.05) is 18.2 Å². The van der Waals surface area contributed by atoms with E-state index in [4.69, 9.17) is 40.2 Å². The zero-order valence-electron chi connectivity index (χ0n) is 14.6. The van der Waals surface area contributed by atoms with Gasteiger partial charge in [0.25, 0.3) is 5.91 Å². The number of thiocarbonyl (C=S) groups is 1. The van der Waals surface area contributed by atoms with Gasteiger partial charge in [-0.3, -0.25) is 4.79 Å². The van der Waals surface area contributed by atoms with Gasteiger partial charge in [0, 0.05) is 15.7 Å². The van der Waals surface area contributed by atoms with Gasteiger partial charge < -0.3 is 20.7 Å². The van der Waals surface area contributed by atoms with E-state index in [2.05, 4.69) is 16.0 Å². The normalized spacial score (nSPS) is 16.4. The topological polar surface area (TPSA) is 62.4 Å². The van der Waals surface area contributed by atoms with Crippen molar-refractivity contribution in [2.75, 3.05) is 12.4 Å². The van der Waals surface area contributed by atoms with Gasteiger partial charge in [0.15, 0.2) is 5.11 Å². The van der Waals surface area contributed by atoms with Crippen LogP contribution in [0.15, 0.2) is 53.7 Å². The largest absolute Gasteiger partial charge is 0.495 e. The van der Waals surface area contributed by atoms with Crippen LogP contribution in [-0.4, -0.2) is 18.1 Å². The smallest absolute Gasteiger partial charge is 0.255 e. The van der Waals surface area contributed by atoms with Gasteiger partial charge in [-0.25, -0.2) is 0 Å². The Morgan fingerprint density at radius 1 is 1.22 bits per heavy atom. The first-order valence-corrected chi connectivity index (χ1v) is 9.24. The Morgan fingerprint density at radius 3 is 2.67 bits per heavy atom. The maximum Gasteiger partial charge on any atom is 0.255 e. The monoisotopic (exact) mass is 421 g/mol. The average molecular weight is 422 g/mol. The molecule has 8 heteroatoms. The number of anilines is 1. The van der Waals surface area contributed by atoms with Crippen molar-refractivity contribution in [2.45, 2.75) is 13.0 Å². The highest BCUT2D eigenvalue weighted by molar-refractivity contribution is 7.80. The van der Waals surface area contributed by atoms with Gasteiger partial charge in [0.1, 0.15) is 5.75 Å². The fourth-order valence-corrected chi connectivity index (χ4v) is 3.59. The Labute approximate surface area is 172 Å². The second-order valence-corrected chi connectivity index (χ2v) is 7.14. The minimum atomic E-state index is -0.488. The number of methoxy groups -OCH3 is 1. The zero-order valence-corrected chi connectivity index (χ0v) is 16.9. The van der Waals surface area contributed by atoms with Gasteiger partial charge in [-0.2, -0.15) is 0 Å². The van der Waals surface area contributed by atoms with Crippen LogP contribution in [0.3, 0.4) is 0 Å². The molecule has 1 atom stereocenters. The Bertz CT molecular complexity index is 946. The van der Waals surface area contributed by atoms with Crippen molar-refractivity contribution in [3.63, 3.8) is 0 Å². The lowest BCUT2D eigenvalue weighted by Crippen LogP contribution is -2.45. The highest BCUT2D eigenvalue weighted by Gasteiger charge is 2.31. The SMILES string of the molecule is COc1ccc(Cl)cc1NC(=O)C1=C(C)NC(=S)N[C@H]1c1ccccc1Cl. The Kier molecular flexibility index (Phi) is 5.89. The van der Waals surface area contributed by atoms with E-state index in [0.717, 1.165) is 5.56 Å². The number of amides is 1. The van der Waals surface area contributed by atoms with Gasteiger partial charge in [-0.15, -0.1) is 0 Å². The van der Waals surface area contributed by atoms with Gasteiger partial charge in [-0.05, 0) is 49.0 Å². The number of allylic oxidation sites excluding steroid dienone is 1. The number of halogens is 2. The third-order valence-electron chi connectivity index (χ3n) is 4.14. The summed E-state index contributed by atoms with van der Waals surface area (Å²) in [5, 5.41) is 10.4. The standard InChI is InChI=1S/C19H17Cl2N3O2S/c1-10-16(18(25)23-14-9-11(20)7-8-15(14)26-2)17(24-19(27)22-10)12-5-3-4-6-13(12)21/h3-9,17H,1-2H3,(H,23,25)(H2,22,24,27)/t17-/m0/s1. The molecule has 0 bridgehead atoms. The van der Waals surface area contributed by atoms with Crippen LogP contribution in [0.1, 0.15) is 18.5 Å². The minimum Gasteiger partial charge on any atom is -0.495 e. The van der Waals surface area contributed by atoms with Crippen LogP contribution in [0.4, 0.5) is 5.69 Å². The number of ether oxygens (including phenoxy) is 1. The predicted molar refractivity (Wildman–Crippen MR) is 112 cm³/mol. The molecule has 0 unspecified atom stereocenters. The lowest BCUT2D eigenvalue weighted by Gasteiger charge is -2.31. The minimum absolute atomic E-state index is 0.319. The number of nitrogens with one attached hydrogen (secondary N) is 3. The van der Waals surface area contributed by atoms with Crippen LogP contribution in [0.5, 0.6) is 5.75 Å². The van der Waals surface area contributed by atoms with Crippen molar-refractivity contribution in [1.29, 1.82) is 0 Å². The van der Waals surface area contributed by atoms with E-state index in [1.54, 1.807) is 31.2 Å². The second-order valence-electron chi connectivity index (χ2n) is 5.89. The molecule has 0 spiro atoms. The van der Waals surface area contributed by atoms with E-state index in [-0.39, 0.29) is 5.91 Å². The molecule has 0 saturated carbocycles. The quantitative estimate of drug-likeness (QED) is 0.637. The molecular weight excluding hydrogens is 405 g/mol. The maximum absolute atomic E-state index is 13.1. The summed E-state index contributed by atoms with van der Waals surface area (Å²) in [6.45, 7) is 1.79. The molecular formula is C19H17Cl2N3O2S. The van der Waals surface area contributed by atoms with Crippen molar-refractivity contribution >= 4 is 52.1 Å². The second kappa shape index (κ2) is 8.17. The van der Waals surface area contributed by atoms with Crippen LogP contribution >= 0.6 is 35.4 Å². The fourth-order valence-electron chi connectivity index (χ4n) is 2.90. The highest BCUT2D eigenvalue weighted by atomic mass is 35.5. The van der Waals surface area contributed by atoms with E-state index in [9.17, 15) is 4.79 Å². The number of benzene rings is 2. The number of rotatable bonds is 4. The van der Waals surface area contributed by atoms with Gasteiger partial charge in [0.2, 0.25) is 0 Å². The van der Waals surface area contributed by atoms with Crippen LogP contribution in [0.25, 0.3) is 0 Å². The first kappa shape index (κ1) is 19.5. The van der Waals surface area contributed by atoms with Crippen LogP contribution in [0.2, 0.25) is 10.0 Å². The molecule has 0 saturated heterocycles. The number of hydrogen-bond donors (Lipinski definition) is 3. The van der Waals surface area contributed by atoms with Gasteiger partial charge >= 0.3 is 0 Å². The zero-order chi connectivity index (χ0) is 19.6. The molecule has 0 aromatic heterocycles. The Balaban J connectivity index is 2.00. The Hall–Kier alpha value is -2.28. The molecule has 0 radical (unpaired) electrons. The first-order chi connectivity index (χ1) is 12.9. The molecule has 3 rings (SSSR count). The van der Waals surface area contributed by atoms with Crippen LogP contribution in [-0.2, 0) is 4.79 Å². The molecule has 1 aliphatic rings. The molecule has 2 aromatic carbocycles. The van der Waals surface area contributed by atoms with E-state index in [1.165, 1.54) is 7.11 Å². The molecule has 5 nitrogen and oxygen atoms in total. The molecule has 1 aliphatic heterocycles. The fraction of sp³-hybridized carbons (Fsp3) is 0.158. The van der Waals surface area contributed by atoms with Crippen molar-refractivity contribution in [3.05, 3.63) is 69.3 Å². The molecule has 2 aromatic rings. The summed E-state index contributed by atoms with van der Waals surface area (Å²) in [6.07, 6.45) is 0. The molecule has 1 heterocycles. The number of hydrogen-bond acceptors (Lipinski definition) is 3. The number of carbonyl (C=O) groups is 1. The van der Waals surface area contributed by atoms with Crippen molar-refractivity contribution < 1.29 is 9.53 Å². The summed E-state index contributed by atoms with van der Waals surface area (Å²) in [5.74, 6) is 0.188. The van der Waals surface area contributed by atoms with Crippen molar-refractivity contribution in [2.24, 2.45) is 0 Å². The van der Waals surface area contributed by atoms with E-state index in [0.29, 0.717) is 37.9 Å². The molecule has 1 amide bonds.